The third kappa shape index (κ3) is 5.04. The summed E-state index contributed by atoms with van der Waals surface area (Å²) >= 11 is 0. The number of aliphatic hydroxyl groups is 1. The molecule has 1 aliphatic rings. The van der Waals surface area contributed by atoms with Gasteiger partial charge in [0.25, 0.3) is 0 Å². The summed E-state index contributed by atoms with van der Waals surface area (Å²) in [5.74, 6) is -1.12. The molecule has 0 aromatic rings. The van der Waals surface area contributed by atoms with Crippen LogP contribution in [-0.2, 0) is 14.3 Å². The summed E-state index contributed by atoms with van der Waals surface area (Å²) in [5, 5.41) is 18.5. The number of carboxylic acid groups (broad SMARTS) is 1. The zero-order valence-electron chi connectivity index (χ0n) is 11.5. The standard InChI is InChI=1S/C12H21NO6/c1-12(2,3)19-11(17)13-4-5-18-7-8(13)9(14)6-10(15)16/h8-9,14H,4-7H2,1-3H3,(H,15,16). The minimum absolute atomic E-state index is 0.105. The number of nitrogens with zero attached hydrogens (tertiary/aromatic N) is 1. The Morgan fingerprint density at radius 1 is 1.47 bits per heavy atom. The van der Waals surface area contributed by atoms with Crippen molar-refractivity contribution < 1.29 is 29.3 Å². The maximum Gasteiger partial charge on any atom is 0.410 e. The van der Waals surface area contributed by atoms with Crippen LogP contribution in [0.2, 0.25) is 0 Å². The molecule has 1 aliphatic heterocycles. The Hall–Kier alpha value is -1.34. The van der Waals surface area contributed by atoms with Gasteiger partial charge in [0.2, 0.25) is 0 Å². The molecular weight excluding hydrogens is 254 g/mol. The molecule has 110 valence electrons. The molecule has 0 saturated carbocycles. The largest absolute Gasteiger partial charge is 0.481 e. The molecule has 0 aromatic heterocycles. The number of rotatable bonds is 3. The first-order valence-corrected chi connectivity index (χ1v) is 6.18. The molecule has 2 unspecified atom stereocenters. The highest BCUT2D eigenvalue weighted by molar-refractivity contribution is 5.70. The van der Waals surface area contributed by atoms with Gasteiger partial charge in [-0.25, -0.2) is 4.79 Å². The van der Waals surface area contributed by atoms with Crippen LogP contribution in [-0.4, -0.2) is 64.7 Å². The van der Waals surface area contributed by atoms with Crippen molar-refractivity contribution in [3.63, 3.8) is 0 Å². The molecule has 7 nitrogen and oxygen atoms in total. The van der Waals surface area contributed by atoms with Gasteiger partial charge < -0.3 is 19.7 Å². The number of morpholine rings is 1. The highest BCUT2D eigenvalue weighted by Gasteiger charge is 2.36. The monoisotopic (exact) mass is 275 g/mol. The van der Waals surface area contributed by atoms with Gasteiger partial charge in [0.1, 0.15) is 5.60 Å². The molecule has 0 spiro atoms. The highest BCUT2D eigenvalue weighted by atomic mass is 16.6. The minimum Gasteiger partial charge on any atom is -0.481 e. The quantitative estimate of drug-likeness (QED) is 0.776. The zero-order valence-corrected chi connectivity index (χ0v) is 11.5. The van der Waals surface area contributed by atoms with Crippen molar-refractivity contribution in [2.45, 2.75) is 44.9 Å². The van der Waals surface area contributed by atoms with Gasteiger partial charge >= 0.3 is 12.1 Å². The van der Waals surface area contributed by atoms with Gasteiger partial charge in [-0.1, -0.05) is 0 Å². The van der Waals surface area contributed by atoms with E-state index >= 15 is 0 Å². The second-order valence-corrected chi connectivity index (χ2v) is 5.48. The van der Waals surface area contributed by atoms with Gasteiger partial charge in [-0.05, 0) is 20.8 Å². The molecule has 1 rings (SSSR count). The van der Waals surface area contributed by atoms with E-state index in [2.05, 4.69) is 0 Å². The summed E-state index contributed by atoms with van der Waals surface area (Å²) in [6.45, 7) is 5.95. The molecule has 7 heteroatoms. The molecule has 0 radical (unpaired) electrons. The predicted molar refractivity (Wildman–Crippen MR) is 65.8 cm³/mol. The smallest absolute Gasteiger partial charge is 0.410 e. The van der Waals surface area contributed by atoms with Crippen molar-refractivity contribution in [1.82, 2.24) is 4.90 Å². The molecule has 2 atom stereocenters. The number of carbonyl (C=O) groups excluding carboxylic acids is 1. The number of aliphatic hydroxyl groups excluding tert-OH is 1. The van der Waals surface area contributed by atoms with Gasteiger partial charge in [-0.3, -0.25) is 9.69 Å². The van der Waals surface area contributed by atoms with Crippen molar-refractivity contribution in [2.75, 3.05) is 19.8 Å². The minimum atomic E-state index is -1.18. The molecule has 1 heterocycles. The van der Waals surface area contributed by atoms with Crippen LogP contribution in [0.1, 0.15) is 27.2 Å². The number of ether oxygens (including phenoxy) is 2. The van der Waals surface area contributed by atoms with E-state index in [1.807, 2.05) is 0 Å². The molecule has 0 aromatic carbocycles. The average molecular weight is 275 g/mol. The van der Waals surface area contributed by atoms with E-state index in [1.165, 1.54) is 4.90 Å². The molecule has 1 saturated heterocycles. The molecule has 2 N–H and O–H groups in total. The van der Waals surface area contributed by atoms with Gasteiger partial charge in [-0.15, -0.1) is 0 Å². The van der Waals surface area contributed by atoms with E-state index in [0.29, 0.717) is 6.61 Å². The van der Waals surface area contributed by atoms with E-state index in [9.17, 15) is 14.7 Å². The second-order valence-electron chi connectivity index (χ2n) is 5.48. The van der Waals surface area contributed by atoms with Crippen LogP contribution in [0.3, 0.4) is 0 Å². The lowest BCUT2D eigenvalue weighted by Crippen LogP contribution is -2.55. The number of aliphatic carboxylic acids is 1. The Balaban J connectivity index is 2.71. The third-order valence-electron chi connectivity index (χ3n) is 2.62. The van der Waals surface area contributed by atoms with Crippen LogP contribution < -0.4 is 0 Å². The number of amides is 1. The molecule has 0 bridgehead atoms. The number of carboxylic acids is 1. The first-order valence-electron chi connectivity index (χ1n) is 6.18. The fraction of sp³-hybridized carbons (Fsp3) is 0.833. The van der Waals surface area contributed by atoms with Crippen LogP contribution in [0.25, 0.3) is 0 Å². The van der Waals surface area contributed by atoms with Crippen molar-refractivity contribution in [3.8, 4) is 0 Å². The summed E-state index contributed by atoms with van der Waals surface area (Å²) in [5.41, 5.74) is -0.641. The summed E-state index contributed by atoms with van der Waals surface area (Å²) in [4.78, 5) is 24.0. The average Bonchev–Trinajstić information content (AvgIpc) is 2.25. The molecular formula is C12H21NO6. The summed E-state index contributed by atoms with van der Waals surface area (Å²) < 4.78 is 10.4. The van der Waals surface area contributed by atoms with Crippen LogP contribution in [0.5, 0.6) is 0 Å². The molecule has 19 heavy (non-hydrogen) atoms. The van der Waals surface area contributed by atoms with Crippen molar-refractivity contribution in [1.29, 1.82) is 0 Å². The van der Waals surface area contributed by atoms with E-state index in [0.717, 1.165) is 0 Å². The Bertz CT molecular complexity index is 338. The van der Waals surface area contributed by atoms with Crippen LogP contribution in [0.4, 0.5) is 4.79 Å². The molecule has 0 aliphatic carbocycles. The van der Waals surface area contributed by atoms with Crippen LogP contribution in [0, 0.1) is 0 Å². The molecule has 1 amide bonds. The Morgan fingerprint density at radius 3 is 2.63 bits per heavy atom. The predicted octanol–water partition coefficient (Wildman–Crippen LogP) is 0.458. The Morgan fingerprint density at radius 2 is 2.11 bits per heavy atom. The topological polar surface area (TPSA) is 96.3 Å². The zero-order chi connectivity index (χ0) is 14.6. The number of hydrogen-bond donors (Lipinski definition) is 2. The normalized spacial score (nSPS) is 21.9. The first-order chi connectivity index (χ1) is 8.70. The first kappa shape index (κ1) is 15.7. The lowest BCUT2D eigenvalue weighted by atomic mass is 10.1. The summed E-state index contributed by atoms with van der Waals surface area (Å²) in [6.07, 6.45) is -2.18. The Kier molecular flexibility index (Phi) is 5.13. The van der Waals surface area contributed by atoms with Crippen molar-refractivity contribution in [3.05, 3.63) is 0 Å². The number of carbonyl (C=O) groups is 2. The van der Waals surface area contributed by atoms with Crippen molar-refractivity contribution >= 4 is 12.1 Å². The number of hydrogen-bond acceptors (Lipinski definition) is 5. The maximum absolute atomic E-state index is 12.0. The van der Waals surface area contributed by atoms with E-state index < -0.39 is 36.2 Å². The van der Waals surface area contributed by atoms with E-state index in [1.54, 1.807) is 20.8 Å². The van der Waals surface area contributed by atoms with E-state index in [4.69, 9.17) is 14.6 Å². The van der Waals surface area contributed by atoms with Crippen molar-refractivity contribution in [2.24, 2.45) is 0 Å². The fourth-order valence-electron chi connectivity index (χ4n) is 1.80. The lowest BCUT2D eigenvalue weighted by Gasteiger charge is -2.38. The summed E-state index contributed by atoms with van der Waals surface area (Å²) in [6, 6.07) is -0.695. The summed E-state index contributed by atoms with van der Waals surface area (Å²) in [7, 11) is 0. The molecule has 1 fully saturated rings. The third-order valence-corrected chi connectivity index (χ3v) is 2.62. The lowest BCUT2D eigenvalue weighted by molar-refractivity contribution is -0.141. The van der Waals surface area contributed by atoms with E-state index in [-0.39, 0.29) is 13.2 Å². The Labute approximate surface area is 112 Å². The maximum atomic E-state index is 12.0. The highest BCUT2D eigenvalue weighted by Crippen LogP contribution is 2.17. The van der Waals surface area contributed by atoms with Gasteiger partial charge in [-0.2, -0.15) is 0 Å². The van der Waals surface area contributed by atoms with Crippen LogP contribution in [0.15, 0.2) is 0 Å². The SMILES string of the molecule is CC(C)(C)OC(=O)N1CCOCC1C(O)CC(=O)O. The van der Waals surface area contributed by atoms with Crippen LogP contribution >= 0.6 is 0 Å². The second kappa shape index (κ2) is 6.21. The van der Waals surface area contributed by atoms with Gasteiger partial charge in [0.15, 0.2) is 0 Å². The fourth-order valence-corrected chi connectivity index (χ4v) is 1.80. The van der Waals surface area contributed by atoms with Gasteiger partial charge in [0, 0.05) is 6.54 Å². The van der Waals surface area contributed by atoms with Gasteiger partial charge in [0.05, 0.1) is 31.8 Å².